The standard InChI is InChI=1S/C10H17N3O3/c1-7-3-11-4-9(15-7)5-14-6-10-12-8(2)16-13-10/h7,9,11H,3-6H2,1-2H3. The number of hydrogen-bond acceptors (Lipinski definition) is 6. The van der Waals surface area contributed by atoms with Gasteiger partial charge in [0.25, 0.3) is 0 Å². The van der Waals surface area contributed by atoms with Gasteiger partial charge in [-0.1, -0.05) is 5.16 Å². The van der Waals surface area contributed by atoms with Gasteiger partial charge in [0.2, 0.25) is 5.89 Å². The summed E-state index contributed by atoms with van der Waals surface area (Å²) in [6, 6.07) is 0. The molecular weight excluding hydrogens is 210 g/mol. The SMILES string of the molecule is Cc1nc(COCC2CNCC(C)O2)no1. The van der Waals surface area contributed by atoms with E-state index in [-0.39, 0.29) is 12.2 Å². The van der Waals surface area contributed by atoms with E-state index in [2.05, 4.69) is 15.5 Å². The molecule has 1 fully saturated rings. The van der Waals surface area contributed by atoms with Gasteiger partial charge in [-0.05, 0) is 6.92 Å². The number of rotatable bonds is 4. The van der Waals surface area contributed by atoms with Gasteiger partial charge in [0.05, 0.1) is 18.8 Å². The summed E-state index contributed by atoms with van der Waals surface area (Å²) in [5.41, 5.74) is 0. The van der Waals surface area contributed by atoms with Crippen molar-refractivity contribution < 1.29 is 14.0 Å². The molecule has 0 amide bonds. The summed E-state index contributed by atoms with van der Waals surface area (Å²) >= 11 is 0. The van der Waals surface area contributed by atoms with Crippen LogP contribution in [0.4, 0.5) is 0 Å². The number of aromatic nitrogens is 2. The lowest BCUT2D eigenvalue weighted by Crippen LogP contribution is -2.45. The second-order valence-electron chi connectivity index (χ2n) is 3.97. The minimum Gasteiger partial charge on any atom is -0.371 e. The van der Waals surface area contributed by atoms with Gasteiger partial charge in [-0.3, -0.25) is 0 Å². The number of ether oxygens (including phenoxy) is 2. The van der Waals surface area contributed by atoms with Gasteiger partial charge in [0.1, 0.15) is 6.61 Å². The van der Waals surface area contributed by atoms with Crippen LogP contribution in [0.2, 0.25) is 0 Å². The summed E-state index contributed by atoms with van der Waals surface area (Å²) in [6.07, 6.45) is 0.353. The molecule has 0 bridgehead atoms. The normalized spacial score (nSPS) is 25.9. The molecule has 2 atom stereocenters. The van der Waals surface area contributed by atoms with Gasteiger partial charge in [-0.15, -0.1) is 0 Å². The van der Waals surface area contributed by atoms with E-state index in [1.165, 1.54) is 0 Å². The highest BCUT2D eigenvalue weighted by molar-refractivity contribution is 4.81. The first-order valence-corrected chi connectivity index (χ1v) is 5.47. The molecule has 0 radical (unpaired) electrons. The minimum atomic E-state index is 0.108. The summed E-state index contributed by atoms with van der Waals surface area (Å²) in [7, 11) is 0. The molecule has 0 spiro atoms. The zero-order chi connectivity index (χ0) is 11.4. The quantitative estimate of drug-likeness (QED) is 0.796. The topological polar surface area (TPSA) is 69.4 Å². The number of morpholine rings is 1. The largest absolute Gasteiger partial charge is 0.371 e. The van der Waals surface area contributed by atoms with Crippen molar-refractivity contribution in [2.75, 3.05) is 19.7 Å². The highest BCUT2D eigenvalue weighted by Crippen LogP contribution is 2.05. The van der Waals surface area contributed by atoms with E-state index in [9.17, 15) is 0 Å². The molecule has 1 aromatic rings. The van der Waals surface area contributed by atoms with Crippen LogP contribution in [0.15, 0.2) is 4.52 Å². The molecule has 0 saturated carbocycles. The van der Waals surface area contributed by atoms with Crippen molar-refractivity contribution in [3.05, 3.63) is 11.7 Å². The zero-order valence-electron chi connectivity index (χ0n) is 9.60. The lowest BCUT2D eigenvalue weighted by atomic mass is 10.2. The first kappa shape index (κ1) is 11.5. The Morgan fingerprint density at radius 2 is 2.38 bits per heavy atom. The van der Waals surface area contributed by atoms with Crippen LogP contribution in [0, 0.1) is 6.92 Å². The van der Waals surface area contributed by atoms with Gasteiger partial charge >= 0.3 is 0 Å². The van der Waals surface area contributed by atoms with E-state index >= 15 is 0 Å². The van der Waals surface area contributed by atoms with Crippen LogP contribution in [0.3, 0.4) is 0 Å². The second-order valence-corrected chi connectivity index (χ2v) is 3.97. The monoisotopic (exact) mass is 227 g/mol. The molecule has 1 aromatic heterocycles. The predicted molar refractivity (Wildman–Crippen MR) is 55.9 cm³/mol. The highest BCUT2D eigenvalue weighted by atomic mass is 16.5. The number of nitrogens with one attached hydrogen (secondary N) is 1. The molecule has 90 valence electrons. The Bertz CT molecular complexity index is 329. The molecule has 0 aromatic carbocycles. The first-order chi connectivity index (χ1) is 7.74. The van der Waals surface area contributed by atoms with E-state index in [4.69, 9.17) is 14.0 Å². The van der Waals surface area contributed by atoms with Crippen LogP contribution in [-0.4, -0.2) is 42.0 Å². The average Bonchev–Trinajstić information content (AvgIpc) is 2.64. The molecule has 2 rings (SSSR count). The molecule has 6 heteroatoms. The maximum atomic E-state index is 5.68. The Hall–Kier alpha value is -0.980. The van der Waals surface area contributed by atoms with Gasteiger partial charge in [-0.25, -0.2) is 0 Å². The van der Waals surface area contributed by atoms with Crippen molar-refractivity contribution in [3.8, 4) is 0 Å². The molecule has 6 nitrogen and oxygen atoms in total. The van der Waals surface area contributed by atoms with Gasteiger partial charge in [-0.2, -0.15) is 4.98 Å². The van der Waals surface area contributed by atoms with Crippen molar-refractivity contribution in [1.29, 1.82) is 0 Å². The van der Waals surface area contributed by atoms with Crippen LogP contribution >= 0.6 is 0 Å². The summed E-state index contributed by atoms with van der Waals surface area (Å²) < 4.78 is 16.0. The molecule has 1 N–H and O–H groups in total. The summed E-state index contributed by atoms with van der Waals surface area (Å²) in [5.74, 6) is 1.14. The fraction of sp³-hybridized carbons (Fsp3) is 0.800. The average molecular weight is 227 g/mol. The fourth-order valence-electron chi connectivity index (χ4n) is 1.65. The molecule has 1 aliphatic heterocycles. The third kappa shape index (κ3) is 3.26. The fourth-order valence-corrected chi connectivity index (χ4v) is 1.65. The highest BCUT2D eigenvalue weighted by Gasteiger charge is 2.18. The Balaban J connectivity index is 1.67. The predicted octanol–water partition coefficient (Wildman–Crippen LogP) is 0.272. The van der Waals surface area contributed by atoms with E-state index in [0.717, 1.165) is 13.1 Å². The van der Waals surface area contributed by atoms with Gasteiger partial charge < -0.3 is 19.3 Å². The van der Waals surface area contributed by atoms with E-state index in [1.807, 2.05) is 6.92 Å². The third-order valence-corrected chi connectivity index (χ3v) is 2.33. The van der Waals surface area contributed by atoms with E-state index < -0.39 is 0 Å². The Labute approximate surface area is 94.3 Å². The van der Waals surface area contributed by atoms with E-state index in [0.29, 0.717) is 24.9 Å². The first-order valence-electron chi connectivity index (χ1n) is 5.47. The van der Waals surface area contributed by atoms with Crippen LogP contribution in [0.1, 0.15) is 18.6 Å². The summed E-state index contributed by atoms with van der Waals surface area (Å²) in [6.45, 7) is 6.45. The lowest BCUT2D eigenvalue weighted by Gasteiger charge is -2.28. The molecule has 16 heavy (non-hydrogen) atoms. The second kappa shape index (κ2) is 5.38. The van der Waals surface area contributed by atoms with Crippen molar-refractivity contribution >= 4 is 0 Å². The molecule has 1 aliphatic rings. The van der Waals surface area contributed by atoms with Crippen LogP contribution in [0.5, 0.6) is 0 Å². The number of nitrogens with zero attached hydrogens (tertiary/aromatic N) is 2. The smallest absolute Gasteiger partial charge is 0.223 e. The van der Waals surface area contributed by atoms with Crippen molar-refractivity contribution in [2.24, 2.45) is 0 Å². The third-order valence-electron chi connectivity index (χ3n) is 2.33. The summed E-state index contributed by atoms with van der Waals surface area (Å²) in [5, 5.41) is 7.03. The summed E-state index contributed by atoms with van der Waals surface area (Å²) in [4.78, 5) is 4.05. The Morgan fingerprint density at radius 3 is 3.06 bits per heavy atom. The zero-order valence-corrected chi connectivity index (χ0v) is 9.60. The Kier molecular flexibility index (Phi) is 3.87. The maximum Gasteiger partial charge on any atom is 0.223 e. The Morgan fingerprint density at radius 1 is 1.50 bits per heavy atom. The maximum absolute atomic E-state index is 5.68. The lowest BCUT2D eigenvalue weighted by molar-refractivity contribution is -0.0725. The van der Waals surface area contributed by atoms with Crippen molar-refractivity contribution in [3.63, 3.8) is 0 Å². The van der Waals surface area contributed by atoms with Crippen LogP contribution < -0.4 is 5.32 Å². The number of hydrogen-bond donors (Lipinski definition) is 1. The molecule has 2 heterocycles. The molecule has 2 unspecified atom stereocenters. The molecular formula is C10H17N3O3. The van der Waals surface area contributed by atoms with Crippen LogP contribution in [0.25, 0.3) is 0 Å². The minimum absolute atomic E-state index is 0.108. The van der Waals surface area contributed by atoms with Gasteiger partial charge in [0.15, 0.2) is 5.82 Å². The molecule has 0 aliphatic carbocycles. The van der Waals surface area contributed by atoms with E-state index in [1.54, 1.807) is 6.92 Å². The van der Waals surface area contributed by atoms with Gasteiger partial charge in [0, 0.05) is 20.0 Å². The van der Waals surface area contributed by atoms with Crippen molar-refractivity contribution in [2.45, 2.75) is 32.7 Å². The van der Waals surface area contributed by atoms with Crippen molar-refractivity contribution in [1.82, 2.24) is 15.5 Å². The van der Waals surface area contributed by atoms with Crippen LogP contribution in [-0.2, 0) is 16.1 Å². The molecule has 1 saturated heterocycles. The number of aryl methyl sites for hydroxylation is 1.